The molecule has 4 unspecified atom stereocenters. The number of benzene rings is 2. The van der Waals surface area contributed by atoms with Crippen molar-refractivity contribution in [1.29, 1.82) is 0 Å². The molecule has 0 aromatic heterocycles. The molecule has 6 nitrogen and oxygen atoms in total. The van der Waals surface area contributed by atoms with Gasteiger partial charge < -0.3 is 19.3 Å². The normalized spacial score (nSPS) is 23.0. The first kappa shape index (κ1) is 36.5. The molecule has 0 amide bonds. The van der Waals surface area contributed by atoms with Crippen LogP contribution >= 0.6 is 46.4 Å². The van der Waals surface area contributed by atoms with Crippen molar-refractivity contribution in [3.63, 3.8) is 0 Å². The summed E-state index contributed by atoms with van der Waals surface area (Å²) in [4.78, 5) is 28.2. The Morgan fingerprint density at radius 1 is 0.675 bits per heavy atom. The summed E-state index contributed by atoms with van der Waals surface area (Å²) in [7, 11) is 6.90. The second-order valence-electron chi connectivity index (χ2n) is 9.92. The maximum Gasteiger partial charge on any atom is 0.310 e. The Morgan fingerprint density at radius 2 is 1.02 bits per heavy atom. The van der Waals surface area contributed by atoms with Crippen molar-refractivity contribution >= 4 is 58.3 Å². The molecule has 4 rings (SSSR count). The van der Waals surface area contributed by atoms with E-state index < -0.39 is 0 Å². The SMILES string of the molecule is C.C.COC(=O)C1CN(C)CCC1c1ccc(Cl)c(Cl)c1.COC(=O)C1CN(C)CCC1c1ccc(Cl)c(Cl)c1. The maximum absolute atomic E-state index is 11.9. The van der Waals surface area contributed by atoms with E-state index in [1.165, 1.54) is 14.2 Å². The number of carbonyl (C=O) groups is 2. The number of piperidine rings is 2. The number of rotatable bonds is 4. The summed E-state index contributed by atoms with van der Waals surface area (Å²) in [5.74, 6) is -0.357. The molecular formula is C30H42Cl4N2O4. The predicted molar refractivity (Wildman–Crippen MR) is 167 cm³/mol. The molecule has 0 saturated carbocycles. The highest BCUT2D eigenvalue weighted by atomic mass is 35.5. The van der Waals surface area contributed by atoms with Gasteiger partial charge in [0.1, 0.15) is 0 Å². The van der Waals surface area contributed by atoms with Gasteiger partial charge in [0.15, 0.2) is 0 Å². The zero-order valence-electron chi connectivity index (χ0n) is 22.1. The molecule has 0 aliphatic carbocycles. The quantitative estimate of drug-likeness (QED) is 0.321. The Bertz CT molecular complexity index is 1050. The number of hydrogen-bond donors (Lipinski definition) is 0. The fourth-order valence-corrected chi connectivity index (χ4v) is 5.91. The summed E-state index contributed by atoms with van der Waals surface area (Å²) in [6.45, 7) is 3.33. The molecule has 224 valence electrons. The molecule has 10 heteroatoms. The van der Waals surface area contributed by atoms with Gasteiger partial charge in [0.2, 0.25) is 0 Å². The molecule has 0 bridgehead atoms. The number of ether oxygens (including phenoxy) is 2. The van der Waals surface area contributed by atoms with E-state index in [0.717, 1.165) is 37.1 Å². The molecule has 0 spiro atoms. The van der Waals surface area contributed by atoms with Gasteiger partial charge in [-0.05, 0) is 87.3 Å². The third-order valence-corrected chi connectivity index (χ3v) is 8.86. The second-order valence-corrected chi connectivity index (χ2v) is 11.6. The number of methoxy groups -OCH3 is 2. The van der Waals surface area contributed by atoms with Crippen molar-refractivity contribution < 1.29 is 19.1 Å². The number of hydrogen-bond acceptors (Lipinski definition) is 6. The van der Waals surface area contributed by atoms with Crippen LogP contribution in [-0.4, -0.2) is 76.2 Å². The van der Waals surface area contributed by atoms with Gasteiger partial charge in [-0.2, -0.15) is 0 Å². The summed E-state index contributed by atoms with van der Waals surface area (Å²) in [6.07, 6.45) is 1.82. The van der Waals surface area contributed by atoms with E-state index in [9.17, 15) is 9.59 Å². The van der Waals surface area contributed by atoms with Crippen LogP contribution in [0.1, 0.15) is 50.7 Å². The van der Waals surface area contributed by atoms with Gasteiger partial charge in [-0.1, -0.05) is 73.4 Å². The lowest BCUT2D eigenvalue weighted by atomic mass is 9.80. The van der Waals surface area contributed by atoms with Crippen molar-refractivity contribution in [2.75, 3.05) is 54.5 Å². The van der Waals surface area contributed by atoms with E-state index in [0.29, 0.717) is 33.2 Å². The lowest BCUT2D eigenvalue weighted by Gasteiger charge is -2.35. The van der Waals surface area contributed by atoms with E-state index in [1.807, 2.05) is 38.4 Å². The van der Waals surface area contributed by atoms with Gasteiger partial charge in [0.05, 0.1) is 46.1 Å². The van der Waals surface area contributed by atoms with Crippen molar-refractivity contribution in [3.05, 3.63) is 67.6 Å². The van der Waals surface area contributed by atoms with Gasteiger partial charge >= 0.3 is 11.9 Å². The zero-order valence-corrected chi connectivity index (χ0v) is 25.1. The third-order valence-electron chi connectivity index (χ3n) is 7.38. The second kappa shape index (κ2) is 16.8. The first-order valence-corrected chi connectivity index (χ1v) is 14.0. The number of halogens is 4. The highest BCUT2D eigenvalue weighted by Crippen LogP contribution is 2.37. The Morgan fingerprint density at radius 3 is 1.32 bits per heavy atom. The predicted octanol–water partition coefficient (Wildman–Crippen LogP) is 7.68. The molecule has 2 saturated heterocycles. The average Bonchev–Trinajstić information content (AvgIpc) is 2.91. The van der Waals surface area contributed by atoms with Crippen LogP contribution in [0.25, 0.3) is 0 Å². The molecule has 2 aliphatic heterocycles. The highest BCUT2D eigenvalue weighted by Gasteiger charge is 2.36. The maximum atomic E-state index is 11.9. The fraction of sp³-hybridized carbons (Fsp3) is 0.533. The Kier molecular flexibility index (Phi) is 15.3. The molecule has 4 atom stereocenters. The summed E-state index contributed by atoms with van der Waals surface area (Å²) in [6, 6.07) is 11.2. The summed E-state index contributed by atoms with van der Waals surface area (Å²) < 4.78 is 9.84. The standard InChI is InChI=1S/2C14H17Cl2NO2.2CH4/c2*1-17-6-5-10(11(8-17)14(18)19-2)9-3-4-12(15)13(16)7-9;;/h2*3-4,7,10-11H,5-6,8H2,1-2H3;2*1H4. The van der Waals surface area contributed by atoms with Crippen LogP contribution in [0.4, 0.5) is 0 Å². The minimum absolute atomic E-state index is 0. The van der Waals surface area contributed by atoms with E-state index in [2.05, 4.69) is 9.80 Å². The minimum Gasteiger partial charge on any atom is -0.469 e. The molecule has 2 aliphatic rings. The molecule has 2 heterocycles. The minimum atomic E-state index is -0.164. The van der Waals surface area contributed by atoms with Crippen LogP contribution in [0, 0.1) is 11.8 Å². The summed E-state index contributed by atoms with van der Waals surface area (Å²) in [5, 5.41) is 2.13. The monoisotopic (exact) mass is 634 g/mol. The van der Waals surface area contributed by atoms with Crippen LogP contribution in [-0.2, 0) is 19.1 Å². The van der Waals surface area contributed by atoms with Gasteiger partial charge in [0, 0.05) is 13.1 Å². The number of carbonyl (C=O) groups excluding carboxylic acids is 2. The highest BCUT2D eigenvalue weighted by molar-refractivity contribution is 6.42. The van der Waals surface area contributed by atoms with Crippen LogP contribution in [0.2, 0.25) is 20.1 Å². The molecule has 40 heavy (non-hydrogen) atoms. The lowest BCUT2D eigenvalue weighted by molar-refractivity contribution is -0.148. The third kappa shape index (κ3) is 9.23. The number of esters is 2. The molecular weight excluding hydrogens is 594 g/mol. The average molecular weight is 636 g/mol. The van der Waals surface area contributed by atoms with Crippen LogP contribution in [0.15, 0.2) is 36.4 Å². The molecule has 2 aromatic carbocycles. The van der Waals surface area contributed by atoms with Crippen molar-refractivity contribution in [2.24, 2.45) is 11.8 Å². The van der Waals surface area contributed by atoms with E-state index >= 15 is 0 Å². The molecule has 0 N–H and O–H groups in total. The van der Waals surface area contributed by atoms with Crippen LogP contribution in [0.3, 0.4) is 0 Å². The van der Waals surface area contributed by atoms with E-state index in [1.54, 1.807) is 12.1 Å². The number of nitrogens with zero attached hydrogens (tertiary/aromatic N) is 2. The molecule has 2 fully saturated rings. The van der Waals surface area contributed by atoms with Crippen LogP contribution < -0.4 is 0 Å². The lowest BCUT2D eigenvalue weighted by Crippen LogP contribution is -2.41. The first-order valence-electron chi connectivity index (χ1n) is 12.5. The smallest absolute Gasteiger partial charge is 0.310 e. The van der Waals surface area contributed by atoms with E-state index in [4.69, 9.17) is 55.9 Å². The van der Waals surface area contributed by atoms with Crippen LogP contribution in [0.5, 0.6) is 0 Å². The Hall–Kier alpha value is -1.54. The van der Waals surface area contributed by atoms with Crippen molar-refractivity contribution in [2.45, 2.75) is 39.5 Å². The number of likely N-dealkylation sites (tertiary alicyclic amines) is 2. The van der Waals surface area contributed by atoms with Gasteiger partial charge in [-0.25, -0.2) is 0 Å². The Labute approximate surface area is 259 Å². The zero-order chi connectivity index (χ0) is 28.0. The largest absolute Gasteiger partial charge is 0.469 e. The molecule has 0 radical (unpaired) electrons. The van der Waals surface area contributed by atoms with Crippen molar-refractivity contribution in [3.8, 4) is 0 Å². The summed E-state index contributed by atoms with van der Waals surface area (Å²) >= 11 is 24.0. The van der Waals surface area contributed by atoms with Crippen molar-refractivity contribution in [1.82, 2.24) is 9.80 Å². The van der Waals surface area contributed by atoms with Gasteiger partial charge in [0.25, 0.3) is 0 Å². The molecule has 2 aromatic rings. The Balaban J connectivity index is 0.000000381. The summed E-state index contributed by atoms with van der Waals surface area (Å²) in [5.41, 5.74) is 2.11. The topological polar surface area (TPSA) is 59.1 Å². The van der Waals surface area contributed by atoms with Gasteiger partial charge in [-0.3, -0.25) is 9.59 Å². The van der Waals surface area contributed by atoms with E-state index in [-0.39, 0.29) is 50.5 Å². The first-order chi connectivity index (χ1) is 18.0. The van der Waals surface area contributed by atoms with Gasteiger partial charge in [-0.15, -0.1) is 0 Å². The fourth-order valence-electron chi connectivity index (χ4n) is 5.29.